The van der Waals surface area contributed by atoms with E-state index in [1.807, 2.05) is 36.1 Å². The monoisotopic (exact) mass is 398 g/mol. The number of benzene rings is 2. The first-order valence-electron chi connectivity index (χ1n) is 9.32. The number of carbonyl (C=O) groups is 1. The summed E-state index contributed by atoms with van der Waals surface area (Å²) in [5.41, 5.74) is 2.16. The summed E-state index contributed by atoms with van der Waals surface area (Å²) in [7, 11) is 0. The molecule has 0 radical (unpaired) electrons. The minimum absolute atomic E-state index is 0.0243. The number of halogens is 2. The highest BCUT2D eigenvalue weighted by Gasteiger charge is 2.23. The van der Waals surface area contributed by atoms with Gasteiger partial charge in [0.15, 0.2) is 17.5 Å². The summed E-state index contributed by atoms with van der Waals surface area (Å²) < 4.78 is 28.1. The van der Waals surface area contributed by atoms with Gasteiger partial charge in [0.2, 0.25) is 0 Å². The number of tetrazole rings is 1. The van der Waals surface area contributed by atoms with Crippen LogP contribution in [0.15, 0.2) is 42.5 Å². The molecule has 1 fully saturated rings. The summed E-state index contributed by atoms with van der Waals surface area (Å²) in [5.74, 6) is -1.32. The predicted octanol–water partition coefficient (Wildman–Crippen LogP) is 2.21. The van der Waals surface area contributed by atoms with Crippen molar-refractivity contribution in [3.63, 3.8) is 0 Å². The third-order valence-electron chi connectivity index (χ3n) is 5.00. The van der Waals surface area contributed by atoms with Crippen LogP contribution in [0.3, 0.4) is 0 Å². The van der Waals surface area contributed by atoms with Crippen LogP contribution in [0, 0.1) is 18.6 Å². The molecule has 2 heterocycles. The van der Waals surface area contributed by atoms with Gasteiger partial charge in [-0.15, -0.1) is 5.10 Å². The number of hydrogen-bond acceptors (Lipinski definition) is 5. The molecule has 0 aliphatic carbocycles. The molecule has 0 unspecified atom stereocenters. The van der Waals surface area contributed by atoms with Crippen molar-refractivity contribution in [2.75, 3.05) is 26.2 Å². The maximum Gasteiger partial charge on any atom is 0.253 e. The second-order valence-corrected chi connectivity index (χ2v) is 7.04. The highest BCUT2D eigenvalue weighted by molar-refractivity contribution is 5.94. The quantitative estimate of drug-likeness (QED) is 0.674. The van der Waals surface area contributed by atoms with E-state index in [2.05, 4.69) is 20.4 Å². The Morgan fingerprint density at radius 2 is 1.72 bits per heavy atom. The zero-order valence-electron chi connectivity index (χ0n) is 15.9. The van der Waals surface area contributed by atoms with E-state index in [4.69, 9.17) is 0 Å². The van der Waals surface area contributed by atoms with Crippen LogP contribution in [0.5, 0.6) is 0 Å². The molecule has 3 aromatic rings. The zero-order chi connectivity index (χ0) is 20.4. The molecule has 1 saturated heterocycles. The van der Waals surface area contributed by atoms with Crippen molar-refractivity contribution in [2.45, 2.75) is 13.5 Å². The van der Waals surface area contributed by atoms with Crippen LogP contribution >= 0.6 is 0 Å². The summed E-state index contributed by atoms with van der Waals surface area (Å²) >= 11 is 0. The molecule has 7 nitrogen and oxygen atoms in total. The first-order chi connectivity index (χ1) is 14.0. The molecule has 1 aliphatic heterocycles. The number of piperazine rings is 1. The van der Waals surface area contributed by atoms with Gasteiger partial charge in [-0.1, -0.05) is 17.7 Å². The lowest BCUT2D eigenvalue weighted by Gasteiger charge is -2.34. The third kappa shape index (κ3) is 4.14. The number of hydrogen-bond donors (Lipinski definition) is 0. The van der Waals surface area contributed by atoms with Crippen molar-refractivity contribution in [3.05, 3.63) is 71.1 Å². The Balaban J connectivity index is 1.39. The summed E-state index contributed by atoms with van der Waals surface area (Å²) in [6.07, 6.45) is 0. The van der Waals surface area contributed by atoms with Crippen molar-refractivity contribution in [2.24, 2.45) is 0 Å². The molecule has 2 aromatic carbocycles. The molecule has 0 spiro atoms. The number of nitrogens with zero attached hydrogens (tertiary/aromatic N) is 6. The first-order valence-corrected chi connectivity index (χ1v) is 9.32. The molecular formula is C20H20F2N6O. The standard InChI is InChI=1S/C20H20F2N6O/c1-14-2-4-15(5-3-14)20(29)27-10-8-26(9-11-27)13-19-23-24-25-28(19)16-6-7-17(21)18(22)12-16/h2-7,12H,8-11,13H2,1H3. The van der Waals surface area contributed by atoms with Gasteiger partial charge >= 0.3 is 0 Å². The van der Waals surface area contributed by atoms with Gasteiger partial charge in [-0.3, -0.25) is 9.69 Å². The van der Waals surface area contributed by atoms with Crippen LogP contribution in [0.2, 0.25) is 0 Å². The van der Waals surface area contributed by atoms with Gasteiger partial charge in [-0.05, 0) is 41.6 Å². The molecule has 1 amide bonds. The van der Waals surface area contributed by atoms with Crippen molar-refractivity contribution in [1.82, 2.24) is 30.0 Å². The first kappa shape index (κ1) is 19.1. The topological polar surface area (TPSA) is 67.2 Å². The SMILES string of the molecule is Cc1ccc(C(=O)N2CCN(Cc3nnnn3-c3ccc(F)c(F)c3)CC2)cc1. The van der Waals surface area contributed by atoms with Crippen LogP contribution in [0.1, 0.15) is 21.7 Å². The molecule has 150 valence electrons. The molecular weight excluding hydrogens is 378 g/mol. The van der Waals surface area contributed by atoms with Gasteiger partial charge in [-0.2, -0.15) is 4.68 Å². The maximum absolute atomic E-state index is 13.5. The Bertz CT molecular complexity index is 1010. The molecule has 0 bridgehead atoms. The Labute approximate surface area is 166 Å². The van der Waals surface area contributed by atoms with E-state index in [1.165, 1.54) is 10.7 Å². The van der Waals surface area contributed by atoms with Crippen molar-refractivity contribution < 1.29 is 13.6 Å². The Hall–Kier alpha value is -3.20. The lowest BCUT2D eigenvalue weighted by Crippen LogP contribution is -2.48. The Morgan fingerprint density at radius 3 is 2.41 bits per heavy atom. The van der Waals surface area contributed by atoms with Gasteiger partial charge < -0.3 is 4.90 Å². The Kier molecular flexibility index (Phi) is 5.30. The highest BCUT2D eigenvalue weighted by atomic mass is 19.2. The molecule has 1 aliphatic rings. The van der Waals surface area contributed by atoms with Gasteiger partial charge in [0.1, 0.15) is 0 Å². The van der Waals surface area contributed by atoms with E-state index in [0.29, 0.717) is 49.8 Å². The number of aryl methyl sites for hydroxylation is 1. The summed E-state index contributed by atoms with van der Waals surface area (Å²) in [6.45, 7) is 4.96. The van der Waals surface area contributed by atoms with Gasteiger partial charge in [-0.25, -0.2) is 8.78 Å². The second kappa shape index (κ2) is 8.04. The summed E-state index contributed by atoms with van der Waals surface area (Å²) in [6, 6.07) is 11.1. The van der Waals surface area contributed by atoms with Crippen LogP contribution in [-0.4, -0.2) is 62.1 Å². The average molecular weight is 398 g/mol. The molecule has 9 heteroatoms. The lowest BCUT2D eigenvalue weighted by molar-refractivity contribution is 0.0624. The van der Waals surface area contributed by atoms with Gasteiger partial charge in [0.05, 0.1) is 12.2 Å². The fraction of sp³-hybridized carbons (Fsp3) is 0.300. The Morgan fingerprint density at radius 1 is 1.00 bits per heavy atom. The predicted molar refractivity (Wildman–Crippen MR) is 101 cm³/mol. The van der Waals surface area contributed by atoms with Crippen molar-refractivity contribution >= 4 is 5.91 Å². The molecule has 0 atom stereocenters. The largest absolute Gasteiger partial charge is 0.336 e. The van der Waals surface area contributed by atoms with E-state index in [0.717, 1.165) is 17.7 Å². The van der Waals surface area contributed by atoms with E-state index in [9.17, 15) is 13.6 Å². The van der Waals surface area contributed by atoms with Crippen LogP contribution in [0.25, 0.3) is 5.69 Å². The van der Waals surface area contributed by atoms with Crippen LogP contribution < -0.4 is 0 Å². The number of aromatic nitrogens is 4. The third-order valence-corrected chi connectivity index (χ3v) is 5.00. The van der Waals surface area contributed by atoms with E-state index in [1.54, 1.807) is 0 Å². The normalized spacial score (nSPS) is 14.9. The molecule has 4 rings (SSSR count). The van der Waals surface area contributed by atoms with Crippen molar-refractivity contribution in [3.8, 4) is 5.69 Å². The smallest absolute Gasteiger partial charge is 0.253 e. The van der Waals surface area contributed by atoms with Crippen LogP contribution in [0.4, 0.5) is 8.78 Å². The zero-order valence-corrected chi connectivity index (χ0v) is 15.9. The van der Waals surface area contributed by atoms with Crippen LogP contribution in [-0.2, 0) is 6.54 Å². The molecule has 1 aromatic heterocycles. The van der Waals surface area contributed by atoms with Gasteiger partial charge in [0, 0.05) is 37.8 Å². The van der Waals surface area contributed by atoms with Gasteiger partial charge in [0.25, 0.3) is 5.91 Å². The molecule has 0 N–H and O–H groups in total. The minimum atomic E-state index is -0.952. The number of rotatable bonds is 4. The van der Waals surface area contributed by atoms with E-state index < -0.39 is 11.6 Å². The number of amides is 1. The fourth-order valence-corrected chi connectivity index (χ4v) is 3.31. The summed E-state index contributed by atoms with van der Waals surface area (Å²) in [4.78, 5) is 16.6. The average Bonchev–Trinajstić information content (AvgIpc) is 3.19. The van der Waals surface area contributed by atoms with E-state index >= 15 is 0 Å². The fourth-order valence-electron chi connectivity index (χ4n) is 3.31. The van der Waals surface area contributed by atoms with E-state index in [-0.39, 0.29) is 5.91 Å². The summed E-state index contributed by atoms with van der Waals surface area (Å²) in [5, 5.41) is 11.6. The molecule has 29 heavy (non-hydrogen) atoms. The number of carbonyl (C=O) groups excluding carboxylic acids is 1. The highest BCUT2D eigenvalue weighted by Crippen LogP contribution is 2.15. The maximum atomic E-state index is 13.5. The lowest BCUT2D eigenvalue weighted by atomic mass is 10.1. The van der Waals surface area contributed by atoms with Crippen molar-refractivity contribution in [1.29, 1.82) is 0 Å². The minimum Gasteiger partial charge on any atom is -0.336 e. The molecule has 0 saturated carbocycles. The second-order valence-electron chi connectivity index (χ2n) is 7.04.